The van der Waals surface area contributed by atoms with E-state index in [-0.39, 0.29) is 5.91 Å². The number of nitrogens with zero attached hydrogens (tertiary/aromatic N) is 7. The Morgan fingerprint density at radius 3 is 2.72 bits per heavy atom. The molecule has 146 valence electrons. The van der Waals surface area contributed by atoms with Crippen LogP contribution in [0, 0.1) is 6.92 Å². The Kier molecular flexibility index (Phi) is 5.32. The monoisotopic (exact) mass is 390 g/mol. The minimum Gasteiger partial charge on any atom is -0.353 e. The average Bonchev–Trinajstić information content (AvgIpc) is 3.39. The van der Waals surface area contributed by atoms with Crippen molar-refractivity contribution in [2.45, 2.75) is 19.4 Å². The average molecular weight is 390 g/mol. The first kappa shape index (κ1) is 18.4. The van der Waals surface area contributed by atoms with E-state index in [1.165, 1.54) is 4.68 Å². The molecule has 4 rings (SSSR count). The van der Waals surface area contributed by atoms with Crippen LogP contribution in [0.2, 0.25) is 0 Å². The van der Waals surface area contributed by atoms with Crippen molar-refractivity contribution in [2.24, 2.45) is 0 Å². The Labute approximate surface area is 166 Å². The molecule has 1 aromatic carbocycles. The maximum absolute atomic E-state index is 12.9. The molecule has 10 nitrogen and oxygen atoms in total. The summed E-state index contributed by atoms with van der Waals surface area (Å²) in [5.74, 6) is 1.15. The van der Waals surface area contributed by atoms with Gasteiger partial charge in [-0.25, -0.2) is 4.68 Å². The summed E-state index contributed by atoms with van der Waals surface area (Å²) >= 11 is 0. The van der Waals surface area contributed by atoms with E-state index in [0.717, 1.165) is 5.56 Å². The highest BCUT2D eigenvalue weighted by Crippen LogP contribution is 2.18. The van der Waals surface area contributed by atoms with Gasteiger partial charge in [-0.15, -0.1) is 5.10 Å². The number of aryl methyl sites for hydroxylation is 1. The summed E-state index contributed by atoms with van der Waals surface area (Å²) in [6, 6.07) is 14.1. The number of aromatic nitrogens is 7. The number of carbonyl (C=O) groups excluding carboxylic acids is 1. The quantitative estimate of drug-likeness (QED) is 0.502. The first-order chi connectivity index (χ1) is 14.2. The van der Waals surface area contributed by atoms with E-state index in [0.29, 0.717) is 36.2 Å². The molecule has 0 spiro atoms. The van der Waals surface area contributed by atoms with Crippen molar-refractivity contribution < 1.29 is 9.32 Å². The van der Waals surface area contributed by atoms with Crippen LogP contribution < -0.4 is 5.32 Å². The van der Waals surface area contributed by atoms with Gasteiger partial charge in [-0.3, -0.25) is 9.78 Å². The molecule has 0 unspecified atom stereocenters. The summed E-state index contributed by atoms with van der Waals surface area (Å²) in [5, 5.41) is 18.3. The Balaban J connectivity index is 1.43. The highest BCUT2D eigenvalue weighted by Gasteiger charge is 2.25. The zero-order chi connectivity index (χ0) is 20.1. The number of benzene rings is 1. The lowest BCUT2D eigenvalue weighted by molar-refractivity contribution is -0.123. The third-order valence-electron chi connectivity index (χ3n) is 4.27. The lowest BCUT2D eigenvalue weighted by Crippen LogP contribution is -2.35. The van der Waals surface area contributed by atoms with Crippen LogP contribution in [-0.4, -0.2) is 47.8 Å². The topological polar surface area (TPSA) is 125 Å². The van der Waals surface area contributed by atoms with Gasteiger partial charge < -0.3 is 9.84 Å². The lowest BCUT2D eigenvalue weighted by atomic mass is 10.1. The van der Waals surface area contributed by atoms with Gasteiger partial charge in [-0.1, -0.05) is 41.6 Å². The van der Waals surface area contributed by atoms with E-state index in [4.69, 9.17) is 4.52 Å². The van der Waals surface area contributed by atoms with E-state index < -0.39 is 6.04 Å². The minimum absolute atomic E-state index is 0.226. The molecule has 3 heterocycles. The smallest absolute Gasteiger partial charge is 0.249 e. The fourth-order valence-corrected chi connectivity index (χ4v) is 2.86. The van der Waals surface area contributed by atoms with Gasteiger partial charge in [0, 0.05) is 19.2 Å². The van der Waals surface area contributed by atoms with Gasteiger partial charge in [0.1, 0.15) is 11.5 Å². The van der Waals surface area contributed by atoms with Crippen molar-refractivity contribution in [1.29, 1.82) is 0 Å². The van der Waals surface area contributed by atoms with Crippen LogP contribution >= 0.6 is 0 Å². The summed E-state index contributed by atoms with van der Waals surface area (Å²) in [7, 11) is 0. The van der Waals surface area contributed by atoms with Crippen molar-refractivity contribution in [2.75, 3.05) is 6.54 Å². The van der Waals surface area contributed by atoms with Gasteiger partial charge in [-0.05, 0) is 35.0 Å². The summed E-state index contributed by atoms with van der Waals surface area (Å²) in [6.07, 6.45) is 2.05. The van der Waals surface area contributed by atoms with Crippen LogP contribution in [0.25, 0.3) is 11.5 Å². The van der Waals surface area contributed by atoms with Gasteiger partial charge in [0.15, 0.2) is 6.04 Å². The number of hydrogen-bond donors (Lipinski definition) is 1. The molecule has 1 atom stereocenters. The molecule has 0 fully saturated rings. The molecular formula is C19H18N8O2. The maximum atomic E-state index is 12.9. The number of hydrogen-bond acceptors (Lipinski definition) is 8. The number of tetrazole rings is 1. The first-order valence-electron chi connectivity index (χ1n) is 9.03. The van der Waals surface area contributed by atoms with Crippen molar-refractivity contribution in [3.05, 3.63) is 72.0 Å². The zero-order valence-electron chi connectivity index (χ0n) is 15.6. The molecule has 0 bridgehead atoms. The van der Waals surface area contributed by atoms with Crippen LogP contribution in [0.15, 0.2) is 59.3 Å². The normalized spacial score (nSPS) is 11.9. The van der Waals surface area contributed by atoms with E-state index in [9.17, 15) is 4.79 Å². The van der Waals surface area contributed by atoms with Crippen molar-refractivity contribution in [1.82, 2.24) is 40.6 Å². The molecule has 0 aliphatic carbocycles. The van der Waals surface area contributed by atoms with Gasteiger partial charge in [-0.2, -0.15) is 4.98 Å². The number of carbonyl (C=O) groups is 1. The molecule has 0 saturated heterocycles. The molecule has 0 saturated carbocycles. The predicted molar refractivity (Wildman–Crippen MR) is 101 cm³/mol. The summed E-state index contributed by atoms with van der Waals surface area (Å²) < 4.78 is 6.74. The van der Waals surface area contributed by atoms with Gasteiger partial charge in [0.2, 0.25) is 17.6 Å². The van der Waals surface area contributed by atoms with E-state index >= 15 is 0 Å². The third kappa shape index (κ3) is 4.15. The van der Waals surface area contributed by atoms with Crippen LogP contribution in [-0.2, 0) is 11.2 Å². The van der Waals surface area contributed by atoms with Gasteiger partial charge in [0.05, 0.1) is 0 Å². The maximum Gasteiger partial charge on any atom is 0.249 e. The summed E-state index contributed by atoms with van der Waals surface area (Å²) in [4.78, 5) is 21.4. The fourth-order valence-electron chi connectivity index (χ4n) is 2.86. The second kappa shape index (κ2) is 8.38. The second-order valence-electron chi connectivity index (χ2n) is 6.25. The largest absolute Gasteiger partial charge is 0.353 e. The standard InChI is InChI=1S/C19H18N8O2/c1-13-23-25-26-27(13)17(14-7-3-2-4-8-14)19(28)21-12-10-16-22-18(24-29-16)15-9-5-6-11-20-15/h2-9,11,17H,10,12H2,1H3,(H,21,28)/t17-/m0/s1. The van der Waals surface area contributed by atoms with Crippen molar-refractivity contribution in [3.63, 3.8) is 0 Å². The van der Waals surface area contributed by atoms with Crippen LogP contribution in [0.1, 0.15) is 23.3 Å². The number of rotatable bonds is 7. The lowest BCUT2D eigenvalue weighted by Gasteiger charge is -2.17. The molecule has 1 N–H and O–H groups in total. The summed E-state index contributed by atoms with van der Waals surface area (Å²) in [5.41, 5.74) is 1.42. The molecule has 0 radical (unpaired) electrons. The van der Waals surface area contributed by atoms with Gasteiger partial charge in [0.25, 0.3) is 0 Å². The summed E-state index contributed by atoms with van der Waals surface area (Å²) in [6.45, 7) is 2.08. The molecule has 1 amide bonds. The Morgan fingerprint density at radius 1 is 1.17 bits per heavy atom. The van der Waals surface area contributed by atoms with Crippen LogP contribution in [0.5, 0.6) is 0 Å². The number of amides is 1. The molecule has 4 aromatic rings. The Morgan fingerprint density at radius 2 is 2.00 bits per heavy atom. The predicted octanol–water partition coefficient (Wildman–Crippen LogP) is 1.37. The van der Waals surface area contributed by atoms with Crippen molar-refractivity contribution in [3.8, 4) is 11.5 Å². The number of pyridine rings is 1. The van der Waals surface area contributed by atoms with Crippen molar-refractivity contribution >= 4 is 5.91 Å². The highest BCUT2D eigenvalue weighted by atomic mass is 16.5. The van der Waals surface area contributed by atoms with Crippen LogP contribution in [0.3, 0.4) is 0 Å². The van der Waals surface area contributed by atoms with Gasteiger partial charge >= 0.3 is 0 Å². The third-order valence-corrected chi connectivity index (χ3v) is 4.27. The number of nitrogens with one attached hydrogen (secondary N) is 1. The molecule has 29 heavy (non-hydrogen) atoms. The Hall–Kier alpha value is -3.95. The van der Waals surface area contributed by atoms with E-state index in [2.05, 4.69) is 36.0 Å². The van der Waals surface area contributed by atoms with E-state index in [1.807, 2.05) is 42.5 Å². The fraction of sp³-hybridized carbons (Fsp3) is 0.211. The molecular weight excluding hydrogens is 372 g/mol. The molecule has 10 heteroatoms. The molecule has 0 aliphatic rings. The zero-order valence-corrected chi connectivity index (χ0v) is 15.6. The molecule has 3 aromatic heterocycles. The minimum atomic E-state index is -0.669. The van der Waals surface area contributed by atoms with Crippen LogP contribution in [0.4, 0.5) is 0 Å². The highest BCUT2D eigenvalue weighted by molar-refractivity contribution is 5.83. The Bertz CT molecular complexity index is 1080. The molecule has 0 aliphatic heterocycles. The second-order valence-corrected chi connectivity index (χ2v) is 6.25. The SMILES string of the molecule is Cc1nnnn1[C@H](C(=O)NCCc1nc(-c2ccccn2)no1)c1ccccc1. The first-order valence-corrected chi connectivity index (χ1v) is 9.03. The van der Waals surface area contributed by atoms with E-state index in [1.54, 1.807) is 19.2 Å².